The number of rotatable bonds is 3. The predicted octanol–water partition coefficient (Wildman–Crippen LogP) is 2.95. The number of hydrogen-bond donors (Lipinski definition) is 1. The number of aromatic nitrogens is 2. The van der Waals surface area contributed by atoms with Crippen molar-refractivity contribution in [3.63, 3.8) is 0 Å². The maximum Gasteiger partial charge on any atom is 0.0706 e. The Morgan fingerprint density at radius 3 is 2.94 bits per heavy atom. The van der Waals surface area contributed by atoms with Crippen LogP contribution in [0.25, 0.3) is 0 Å². The molecule has 0 aliphatic heterocycles. The minimum absolute atomic E-state index is 0.392. The standard InChI is InChI=1S/C14H24N2O/c1-11(2)16-8-6-13(15-16)10-14(17)7-4-5-12(3)9-14/h6,8,11-12,17H,4-5,7,9-10H2,1-3H3. The van der Waals surface area contributed by atoms with Gasteiger partial charge in [-0.15, -0.1) is 0 Å². The third kappa shape index (κ3) is 3.09. The van der Waals surface area contributed by atoms with E-state index in [-0.39, 0.29) is 0 Å². The SMILES string of the molecule is CC1CCCC(O)(Cc2ccn(C(C)C)n2)C1. The molecule has 17 heavy (non-hydrogen) atoms. The van der Waals surface area contributed by atoms with E-state index >= 15 is 0 Å². The van der Waals surface area contributed by atoms with Crippen LogP contribution >= 0.6 is 0 Å². The van der Waals surface area contributed by atoms with Crippen molar-refractivity contribution in [2.75, 3.05) is 0 Å². The van der Waals surface area contributed by atoms with Gasteiger partial charge in [0.15, 0.2) is 0 Å². The fourth-order valence-corrected chi connectivity index (χ4v) is 2.89. The number of hydrogen-bond acceptors (Lipinski definition) is 2. The normalized spacial score (nSPS) is 29.8. The van der Waals surface area contributed by atoms with E-state index in [4.69, 9.17) is 0 Å². The molecule has 1 aliphatic rings. The van der Waals surface area contributed by atoms with E-state index in [1.54, 1.807) is 0 Å². The summed E-state index contributed by atoms with van der Waals surface area (Å²) in [7, 11) is 0. The number of aliphatic hydroxyl groups is 1. The summed E-state index contributed by atoms with van der Waals surface area (Å²) in [6.07, 6.45) is 6.95. The Morgan fingerprint density at radius 1 is 1.59 bits per heavy atom. The van der Waals surface area contributed by atoms with Gasteiger partial charge in [0.2, 0.25) is 0 Å². The molecule has 0 radical (unpaired) electrons. The summed E-state index contributed by atoms with van der Waals surface area (Å²) in [5, 5.41) is 15.1. The van der Waals surface area contributed by atoms with E-state index in [1.807, 2.05) is 16.9 Å². The van der Waals surface area contributed by atoms with Gasteiger partial charge in [-0.2, -0.15) is 5.10 Å². The van der Waals surface area contributed by atoms with Crippen molar-refractivity contribution in [2.45, 2.75) is 64.5 Å². The Hall–Kier alpha value is -0.830. The average Bonchev–Trinajstić information content (AvgIpc) is 2.64. The lowest BCUT2D eigenvalue weighted by molar-refractivity contribution is -0.0132. The monoisotopic (exact) mass is 236 g/mol. The summed E-state index contributed by atoms with van der Waals surface area (Å²) in [5.74, 6) is 0.640. The van der Waals surface area contributed by atoms with Crippen molar-refractivity contribution < 1.29 is 5.11 Å². The van der Waals surface area contributed by atoms with Crippen LogP contribution in [-0.4, -0.2) is 20.5 Å². The highest BCUT2D eigenvalue weighted by Crippen LogP contribution is 2.34. The van der Waals surface area contributed by atoms with Gasteiger partial charge in [-0.25, -0.2) is 0 Å². The van der Waals surface area contributed by atoms with E-state index in [1.165, 1.54) is 6.42 Å². The second kappa shape index (κ2) is 4.81. The summed E-state index contributed by atoms with van der Waals surface area (Å²) in [6.45, 7) is 6.47. The molecule has 1 saturated carbocycles. The van der Waals surface area contributed by atoms with E-state index < -0.39 is 5.60 Å². The molecular weight excluding hydrogens is 212 g/mol. The quantitative estimate of drug-likeness (QED) is 0.876. The topological polar surface area (TPSA) is 38.0 Å². The van der Waals surface area contributed by atoms with Gasteiger partial charge in [-0.3, -0.25) is 4.68 Å². The van der Waals surface area contributed by atoms with Crippen molar-refractivity contribution in [1.29, 1.82) is 0 Å². The molecule has 1 aromatic rings. The molecule has 3 nitrogen and oxygen atoms in total. The van der Waals surface area contributed by atoms with Crippen LogP contribution in [0, 0.1) is 5.92 Å². The van der Waals surface area contributed by atoms with Gasteiger partial charge < -0.3 is 5.11 Å². The fourth-order valence-electron chi connectivity index (χ4n) is 2.89. The van der Waals surface area contributed by atoms with Gasteiger partial charge in [0.05, 0.1) is 11.3 Å². The van der Waals surface area contributed by atoms with Crippen molar-refractivity contribution >= 4 is 0 Å². The first-order valence-electron chi connectivity index (χ1n) is 6.75. The molecule has 1 aromatic heterocycles. The lowest BCUT2D eigenvalue weighted by Crippen LogP contribution is -2.36. The molecule has 0 amide bonds. The molecule has 0 spiro atoms. The molecule has 96 valence electrons. The van der Waals surface area contributed by atoms with Crippen molar-refractivity contribution in [1.82, 2.24) is 9.78 Å². The Labute approximate surface area is 104 Å². The molecule has 2 atom stereocenters. The van der Waals surface area contributed by atoms with Gasteiger partial charge in [-0.1, -0.05) is 19.8 Å². The van der Waals surface area contributed by atoms with Crippen molar-refractivity contribution in [3.8, 4) is 0 Å². The zero-order valence-electron chi connectivity index (χ0n) is 11.2. The summed E-state index contributed by atoms with van der Waals surface area (Å²) < 4.78 is 1.96. The highest BCUT2D eigenvalue weighted by Gasteiger charge is 2.33. The second-order valence-corrected chi connectivity index (χ2v) is 5.98. The lowest BCUT2D eigenvalue weighted by atomic mass is 9.76. The van der Waals surface area contributed by atoms with Crippen LogP contribution in [0.5, 0.6) is 0 Å². The van der Waals surface area contributed by atoms with Crippen LogP contribution in [0.15, 0.2) is 12.3 Å². The van der Waals surface area contributed by atoms with Crippen LogP contribution in [0.3, 0.4) is 0 Å². The first kappa shape index (κ1) is 12.6. The molecule has 1 N–H and O–H groups in total. The van der Waals surface area contributed by atoms with Crippen LogP contribution in [-0.2, 0) is 6.42 Å². The van der Waals surface area contributed by atoms with E-state index in [9.17, 15) is 5.11 Å². The Bertz CT molecular complexity index is 372. The van der Waals surface area contributed by atoms with Crippen LogP contribution in [0.1, 0.15) is 58.2 Å². The predicted molar refractivity (Wildman–Crippen MR) is 68.9 cm³/mol. The van der Waals surface area contributed by atoms with Gasteiger partial charge in [0.1, 0.15) is 0 Å². The summed E-state index contributed by atoms with van der Waals surface area (Å²) >= 11 is 0. The van der Waals surface area contributed by atoms with E-state index in [0.29, 0.717) is 18.4 Å². The maximum atomic E-state index is 10.6. The molecule has 0 saturated heterocycles. The molecule has 1 fully saturated rings. The van der Waals surface area contributed by atoms with Crippen molar-refractivity contribution in [2.24, 2.45) is 5.92 Å². The van der Waals surface area contributed by atoms with Crippen LogP contribution < -0.4 is 0 Å². The smallest absolute Gasteiger partial charge is 0.0706 e. The molecule has 0 bridgehead atoms. The van der Waals surface area contributed by atoms with Crippen molar-refractivity contribution in [3.05, 3.63) is 18.0 Å². The highest BCUT2D eigenvalue weighted by molar-refractivity contribution is 5.05. The Morgan fingerprint density at radius 2 is 2.35 bits per heavy atom. The zero-order chi connectivity index (χ0) is 12.5. The largest absolute Gasteiger partial charge is 0.389 e. The first-order valence-corrected chi connectivity index (χ1v) is 6.75. The third-order valence-corrected chi connectivity index (χ3v) is 3.77. The summed E-state index contributed by atoms with van der Waals surface area (Å²) in [5.41, 5.74) is 0.503. The molecule has 1 aliphatic carbocycles. The van der Waals surface area contributed by atoms with Gasteiger partial charge in [0, 0.05) is 18.7 Å². The summed E-state index contributed by atoms with van der Waals surface area (Å²) in [6, 6.07) is 2.43. The van der Waals surface area contributed by atoms with E-state index in [0.717, 1.165) is 25.0 Å². The molecule has 2 unspecified atom stereocenters. The first-order chi connectivity index (χ1) is 7.98. The molecular formula is C14H24N2O. The average molecular weight is 236 g/mol. The third-order valence-electron chi connectivity index (χ3n) is 3.77. The fraction of sp³-hybridized carbons (Fsp3) is 0.786. The molecule has 0 aromatic carbocycles. The number of nitrogens with zero attached hydrogens (tertiary/aromatic N) is 2. The Balaban J connectivity index is 2.03. The highest BCUT2D eigenvalue weighted by atomic mass is 16.3. The van der Waals surface area contributed by atoms with Crippen LogP contribution in [0.4, 0.5) is 0 Å². The van der Waals surface area contributed by atoms with Crippen LogP contribution in [0.2, 0.25) is 0 Å². The minimum Gasteiger partial charge on any atom is -0.389 e. The molecule has 3 heteroatoms. The maximum absolute atomic E-state index is 10.6. The zero-order valence-corrected chi connectivity index (χ0v) is 11.2. The van der Waals surface area contributed by atoms with Gasteiger partial charge >= 0.3 is 0 Å². The Kier molecular flexibility index (Phi) is 3.57. The summed E-state index contributed by atoms with van der Waals surface area (Å²) in [4.78, 5) is 0. The second-order valence-electron chi connectivity index (χ2n) is 5.98. The molecule has 1 heterocycles. The van der Waals surface area contributed by atoms with Gasteiger partial charge in [-0.05, 0) is 38.7 Å². The van der Waals surface area contributed by atoms with Gasteiger partial charge in [0.25, 0.3) is 0 Å². The minimum atomic E-state index is -0.520. The van der Waals surface area contributed by atoms with E-state index in [2.05, 4.69) is 25.9 Å². The lowest BCUT2D eigenvalue weighted by Gasteiger charge is -2.35. The molecule has 2 rings (SSSR count).